The summed E-state index contributed by atoms with van der Waals surface area (Å²) >= 11 is 1.41. The number of hydrogen-bond donors (Lipinski definition) is 0. The van der Waals surface area contributed by atoms with Crippen LogP contribution in [0.2, 0.25) is 0 Å². The summed E-state index contributed by atoms with van der Waals surface area (Å²) in [6.45, 7) is 4.38. The minimum atomic E-state index is -0.0640. The summed E-state index contributed by atoms with van der Waals surface area (Å²) in [6, 6.07) is 15.5. The van der Waals surface area contributed by atoms with Crippen LogP contribution in [0.3, 0.4) is 0 Å². The standard InChI is InChI=1S/C21H20N2O3S/c1-3-14(2)22-21-23(16-7-5-4-6-8-16)20(24)19(27-21)12-15-9-10-17-18(11-15)26-13-25-17/h4-12,14H,3,13H2,1-2H3/b19-12-,22-21?. The molecule has 0 spiro atoms. The van der Waals surface area contributed by atoms with Crippen LogP contribution in [0.15, 0.2) is 58.4 Å². The predicted molar refractivity (Wildman–Crippen MR) is 109 cm³/mol. The molecule has 2 aliphatic heterocycles. The van der Waals surface area contributed by atoms with Crippen molar-refractivity contribution in [2.75, 3.05) is 11.7 Å². The first-order valence-electron chi connectivity index (χ1n) is 8.92. The summed E-state index contributed by atoms with van der Waals surface area (Å²) in [5.41, 5.74) is 1.72. The van der Waals surface area contributed by atoms with Gasteiger partial charge in [0, 0.05) is 6.04 Å². The fourth-order valence-corrected chi connectivity index (χ4v) is 3.88. The molecule has 2 aliphatic rings. The lowest BCUT2D eigenvalue weighted by Gasteiger charge is -2.16. The van der Waals surface area contributed by atoms with Crippen molar-refractivity contribution in [3.63, 3.8) is 0 Å². The van der Waals surface area contributed by atoms with Crippen LogP contribution < -0.4 is 14.4 Å². The zero-order chi connectivity index (χ0) is 18.8. The van der Waals surface area contributed by atoms with Crippen molar-refractivity contribution < 1.29 is 14.3 Å². The van der Waals surface area contributed by atoms with Gasteiger partial charge in [-0.3, -0.25) is 14.7 Å². The van der Waals surface area contributed by atoms with E-state index >= 15 is 0 Å². The van der Waals surface area contributed by atoms with Crippen LogP contribution >= 0.6 is 11.8 Å². The topological polar surface area (TPSA) is 51.1 Å². The predicted octanol–water partition coefficient (Wildman–Crippen LogP) is 4.69. The second-order valence-electron chi connectivity index (χ2n) is 6.37. The maximum absolute atomic E-state index is 13.1. The molecule has 27 heavy (non-hydrogen) atoms. The van der Waals surface area contributed by atoms with Gasteiger partial charge in [0.05, 0.1) is 10.6 Å². The second-order valence-corrected chi connectivity index (χ2v) is 7.38. The number of ether oxygens (including phenoxy) is 2. The smallest absolute Gasteiger partial charge is 0.271 e. The first-order valence-corrected chi connectivity index (χ1v) is 9.74. The number of amidine groups is 1. The van der Waals surface area contributed by atoms with Crippen LogP contribution in [0.4, 0.5) is 5.69 Å². The highest BCUT2D eigenvalue weighted by Gasteiger charge is 2.34. The van der Waals surface area contributed by atoms with Gasteiger partial charge in [-0.15, -0.1) is 0 Å². The number of hydrogen-bond acceptors (Lipinski definition) is 5. The third-order valence-corrected chi connectivity index (χ3v) is 5.42. The molecule has 4 rings (SSSR count). The number of nitrogens with zero attached hydrogens (tertiary/aromatic N) is 2. The van der Waals surface area contributed by atoms with E-state index in [-0.39, 0.29) is 18.7 Å². The number of benzene rings is 2. The van der Waals surface area contributed by atoms with Gasteiger partial charge in [0.25, 0.3) is 5.91 Å². The van der Waals surface area contributed by atoms with E-state index in [2.05, 4.69) is 13.8 Å². The fraction of sp³-hybridized carbons (Fsp3) is 0.238. The summed E-state index contributed by atoms with van der Waals surface area (Å²) in [4.78, 5) is 20.2. The van der Waals surface area contributed by atoms with Crippen LogP contribution in [0.25, 0.3) is 6.08 Å². The maximum Gasteiger partial charge on any atom is 0.271 e. The Morgan fingerprint density at radius 2 is 1.96 bits per heavy atom. The van der Waals surface area contributed by atoms with Gasteiger partial charge >= 0.3 is 0 Å². The van der Waals surface area contributed by atoms with E-state index in [4.69, 9.17) is 14.5 Å². The normalized spacial score (nSPS) is 19.9. The van der Waals surface area contributed by atoms with Crippen LogP contribution in [0, 0.1) is 0 Å². The van der Waals surface area contributed by atoms with Gasteiger partial charge in [-0.1, -0.05) is 31.2 Å². The first-order chi connectivity index (χ1) is 13.2. The Bertz CT molecular complexity index is 924. The molecular weight excluding hydrogens is 360 g/mol. The minimum absolute atomic E-state index is 0.0640. The largest absolute Gasteiger partial charge is 0.454 e. The Labute approximate surface area is 162 Å². The Hall–Kier alpha value is -2.73. The number of carbonyl (C=O) groups excluding carboxylic acids is 1. The average molecular weight is 380 g/mol. The molecule has 1 fully saturated rings. The van der Waals surface area contributed by atoms with Crippen LogP contribution in [0.1, 0.15) is 25.8 Å². The van der Waals surface area contributed by atoms with Crippen LogP contribution in [0.5, 0.6) is 11.5 Å². The molecule has 0 N–H and O–H groups in total. The zero-order valence-corrected chi connectivity index (χ0v) is 16.0. The van der Waals surface area contributed by atoms with E-state index in [1.54, 1.807) is 4.90 Å². The number of aliphatic imine (C=N–C) groups is 1. The van der Waals surface area contributed by atoms with Crippen molar-refractivity contribution in [1.29, 1.82) is 0 Å². The third kappa shape index (κ3) is 3.57. The molecule has 138 valence electrons. The van der Waals surface area contributed by atoms with Crippen molar-refractivity contribution in [2.45, 2.75) is 26.3 Å². The fourth-order valence-electron chi connectivity index (χ4n) is 2.80. The molecule has 0 aliphatic carbocycles. The molecule has 2 aromatic rings. The van der Waals surface area contributed by atoms with Crippen molar-refractivity contribution in [3.8, 4) is 11.5 Å². The van der Waals surface area contributed by atoms with Gasteiger partial charge in [-0.2, -0.15) is 0 Å². The van der Waals surface area contributed by atoms with E-state index in [1.807, 2.05) is 54.6 Å². The van der Waals surface area contributed by atoms with Crippen LogP contribution in [-0.4, -0.2) is 23.9 Å². The highest BCUT2D eigenvalue weighted by molar-refractivity contribution is 8.19. The van der Waals surface area contributed by atoms with E-state index in [1.165, 1.54) is 11.8 Å². The Balaban J connectivity index is 1.70. The molecule has 1 saturated heterocycles. The number of amides is 1. The third-order valence-electron chi connectivity index (χ3n) is 4.44. The number of para-hydroxylation sites is 1. The summed E-state index contributed by atoms with van der Waals surface area (Å²) in [7, 11) is 0. The van der Waals surface area contributed by atoms with E-state index in [9.17, 15) is 4.79 Å². The molecule has 0 aromatic heterocycles. The van der Waals surface area contributed by atoms with Crippen molar-refractivity contribution in [2.24, 2.45) is 4.99 Å². The molecule has 0 bridgehead atoms. The maximum atomic E-state index is 13.1. The van der Waals surface area contributed by atoms with E-state index < -0.39 is 0 Å². The Morgan fingerprint density at radius 1 is 1.19 bits per heavy atom. The van der Waals surface area contributed by atoms with Gasteiger partial charge in [0.1, 0.15) is 0 Å². The summed E-state index contributed by atoms with van der Waals surface area (Å²) < 4.78 is 10.8. The van der Waals surface area contributed by atoms with Gasteiger partial charge in [0.2, 0.25) is 6.79 Å². The van der Waals surface area contributed by atoms with Crippen molar-refractivity contribution >= 4 is 34.6 Å². The molecule has 6 heteroatoms. The SMILES string of the molecule is CCC(C)N=C1S/C(=C\c2ccc3c(c2)OCO3)C(=O)N1c1ccccc1. The molecule has 0 radical (unpaired) electrons. The first kappa shape index (κ1) is 17.7. The van der Waals surface area contributed by atoms with Gasteiger partial charge < -0.3 is 9.47 Å². The molecule has 1 amide bonds. The molecule has 2 aromatic carbocycles. The second kappa shape index (κ2) is 7.48. The van der Waals surface area contributed by atoms with Crippen molar-refractivity contribution in [3.05, 3.63) is 59.0 Å². The lowest BCUT2D eigenvalue weighted by molar-refractivity contribution is -0.113. The van der Waals surface area contributed by atoms with Gasteiger partial charge in [0.15, 0.2) is 16.7 Å². The van der Waals surface area contributed by atoms with Gasteiger partial charge in [-0.05, 0) is 61.0 Å². The number of thioether (sulfide) groups is 1. The van der Waals surface area contributed by atoms with E-state index in [0.717, 1.165) is 23.4 Å². The van der Waals surface area contributed by atoms with E-state index in [0.29, 0.717) is 15.8 Å². The highest BCUT2D eigenvalue weighted by atomic mass is 32.2. The van der Waals surface area contributed by atoms with Gasteiger partial charge in [-0.25, -0.2) is 0 Å². The molecule has 0 saturated carbocycles. The lowest BCUT2D eigenvalue weighted by Crippen LogP contribution is -2.29. The Kier molecular flexibility index (Phi) is 4.90. The summed E-state index contributed by atoms with van der Waals surface area (Å²) in [5, 5.41) is 0.715. The minimum Gasteiger partial charge on any atom is -0.454 e. The number of anilines is 1. The monoisotopic (exact) mass is 380 g/mol. The Morgan fingerprint density at radius 3 is 2.74 bits per heavy atom. The highest BCUT2D eigenvalue weighted by Crippen LogP contribution is 2.38. The van der Waals surface area contributed by atoms with Crippen molar-refractivity contribution in [1.82, 2.24) is 0 Å². The summed E-state index contributed by atoms with van der Waals surface area (Å²) in [6.07, 6.45) is 2.80. The lowest BCUT2D eigenvalue weighted by atomic mass is 10.2. The number of fused-ring (bicyclic) bond motifs is 1. The quantitative estimate of drug-likeness (QED) is 0.722. The summed E-state index contributed by atoms with van der Waals surface area (Å²) in [5.74, 6) is 1.37. The zero-order valence-electron chi connectivity index (χ0n) is 15.2. The number of carbonyl (C=O) groups is 1. The van der Waals surface area contributed by atoms with Crippen LogP contribution in [-0.2, 0) is 4.79 Å². The molecule has 2 heterocycles. The molecule has 1 unspecified atom stereocenters. The molecule has 5 nitrogen and oxygen atoms in total. The number of rotatable bonds is 4. The molecule has 1 atom stereocenters. The molecular formula is C21H20N2O3S. The average Bonchev–Trinajstić information content (AvgIpc) is 3.27.